The predicted octanol–water partition coefficient (Wildman–Crippen LogP) is 3.58. The number of thiazole rings is 1. The van der Waals surface area contributed by atoms with Gasteiger partial charge in [-0.2, -0.15) is 0 Å². The van der Waals surface area contributed by atoms with E-state index >= 15 is 0 Å². The van der Waals surface area contributed by atoms with Gasteiger partial charge in [0.15, 0.2) is 0 Å². The molecule has 0 unspecified atom stereocenters. The molecular formula is C14H10FNO2S. The van der Waals surface area contributed by atoms with E-state index in [-0.39, 0.29) is 12.4 Å². The van der Waals surface area contributed by atoms with Gasteiger partial charge in [0.2, 0.25) is 0 Å². The van der Waals surface area contributed by atoms with Gasteiger partial charge in [-0.15, -0.1) is 11.3 Å². The molecule has 0 saturated heterocycles. The van der Waals surface area contributed by atoms with Crippen molar-refractivity contribution in [3.63, 3.8) is 0 Å². The number of hydrogen-bond acceptors (Lipinski definition) is 4. The van der Waals surface area contributed by atoms with E-state index in [2.05, 4.69) is 11.6 Å². The lowest BCUT2D eigenvalue weighted by Crippen LogP contribution is -1.82. The van der Waals surface area contributed by atoms with Crippen LogP contribution in [0, 0.1) is 5.82 Å². The van der Waals surface area contributed by atoms with Crippen molar-refractivity contribution in [1.29, 1.82) is 0 Å². The molecule has 3 nitrogen and oxygen atoms in total. The standard InChI is InChI=1S/C14H10FNO2S/c1-8(12-4-3-10(7-17)18-12)14-16-11-6-9(15)2-5-13(11)19-14/h2-6,17H,1,7H2. The number of hydrogen-bond donors (Lipinski definition) is 1. The Morgan fingerprint density at radius 1 is 1.37 bits per heavy atom. The Labute approximate surface area is 112 Å². The number of rotatable bonds is 3. The van der Waals surface area contributed by atoms with E-state index in [1.54, 1.807) is 18.2 Å². The van der Waals surface area contributed by atoms with E-state index < -0.39 is 0 Å². The van der Waals surface area contributed by atoms with Gasteiger partial charge in [0.1, 0.15) is 29.0 Å². The molecule has 1 N–H and O–H groups in total. The quantitative estimate of drug-likeness (QED) is 0.794. The Balaban J connectivity index is 2.01. The van der Waals surface area contributed by atoms with Crippen LogP contribution in [-0.2, 0) is 6.61 Å². The van der Waals surface area contributed by atoms with Gasteiger partial charge in [-0.1, -0.05) is 6.58 Å². The SMILES string of the molecule is C=C(c1ccc(CO)o1)c1nc2cc(F)ccc2s1. The largest absolute Gasteiger partial charge is 0.459 e. The van der Waals surface area contributed by atoms with Gasteiger partial charge < -0.3 is 9.52 Å². The van der Waals surface area contributed by atoms with Crippen LogP contribution < -0.4 is 0 Å². The second-order valence-electron chi connectivity index (χ2n) is 4.03. The van der Waals surface area contributed by atoms with Crippen LogP contribution in [0.2, 0.25) is 0 Å². The summed E-state index contributed by atoms with van der Waals surface area (Å²) in [6, 6.07) is 7.92. The van der Waals surface area contributed by atoms with Gasteiger partial charge in [-0.25, -0.2) is 9.37 Å². The fourth-order valence-corrected chi connectivity index (χ4v) is 2.68. The zero-order valence-electron chi connectivity index (χ0n) is 9.89. The van der Waals surface area contributed by atoms with E-state index in [1.807, 2.05) is 0 Å². The maximum atomic E-state index is 13.1. The fourth-order valence-electron chi connectivity index (χ4n) is 1.76. The summed E-state index contributed by atoms with van der Waals surface area (Å²) in [4.78, 5) is 4.34. The predicted molar refractivity (Wildman–Crippen MR) is 72.3 cm³/mol. The summed E-state index contributed by atoms with van der Waals surface area (Å²) in [6.45, 7) is 3.78. The third-order valence-electron chi connectivity index (χ3n) is 2.72. The number of fused-ring (bicyclic) bond motifs is 1. The van der Waals surface area contributed by atoms with Crippen molar-refractivity contribution in [2.24, 2.45) is 0 Å². The molecule has 2 heterocycles. The molecule has 96 valence electrons. The minimum Gasteiger partial charge on any atom is -0.459 e. The molecule has 2 aromatic heterocycles. The van der Waals surface area contributed by atoms with Crippen molar-refractivity contribution in [1.82, 2.24) is 4.98 Å². The summed E-state index contributed by atoms with van der Waals surface area (Å²) < 4.78 is 19.4. The molecule has 1 aromatic carbocycles. The number of benzene rings is 1. The Morgan fingerprint density at radius 2 is 2.21 bits per heavy atom. The van der Waals surface area contributed by atoms with Crippen LogP contribution in [-0.4, -0.2) is 10.1 Å². The van der Waals surface area contributed by atoms with Crippen molar-refractivity contribution >= 4 is 27.1 Å². The summed E-state index contributed by atoms with van der Waals surface area (Å²) in [5.41, 5.74) is 1.23. The minimum atomic E-state index is -0.310. The van der Waals surface area contributed by atoms with E-state index in [4.69, 9.17) is 9.52 Å². The van der Waals surface area contributed by atoms with Gasteiger partial charge in [0, 0.05) is 11.6 Å². The van der Waals surface area contributed by atoms with Gasteiger partial charge in [-0.3, -0.25) is 0 Å². The van der Waals surface area contributed by atoms with Crippen molar-refractivity contribution in [3.8, 4) is 0 Å². The number of nitrogens with zero attached hydrogens (tertiary/aromatic N) is 1. The first-order valence-electron chi connectivity index (χ1n) is 5.62. The molecule has 3 aromatic rings. The van der Waals surface area contributed by atoms with Crippen molar-refractivity contribution in [2.75, 3.05) is 0 Å². The van der Waals surface area contributed by atoms with Crippen LogP contribution in [0.4, 0.5) is 4.39 Å². The number of aliphatic hydroxyl groups excluding tert-OH is 1. The van der Waals surface area contributed by atoms with Gasteiger partial charge >= 0.3 is 0 Å². The Hall–Kier alpha value is -1.98. The van der Waals surface area contributed by atoms with Gasteiger partial charge in [0.05, 0.1) is 10.2 Å². The summed E-state index contributed by atoms with van der Waals surface area (Å²) in [6.07, 6.45) is 0. The number of furan rings is 1. The average Bonchev–Trinajstić information content (AvgIpc) is 3.03. The van der Waals surface area contributed by atoms with Gasteiger partial charge in [-0.05, 0) is 24.3 Å². The molecule has 19 heavy (non-hydrogen) atoms. The monoisotopic (exact) mass is 275 g/mol. The first-order valence-corrected chi connectivity index (χ1v) is 6.44. The summed E-state index contributed by atoms with van der Waals surface area (Å²) in [7, 11) is 0. The van der Waals surface area contributed by atoms with Crippen molar-refractivity contribution in [2.45, 2.75) is 6.61 Å². The first kappa shape index (κ1) is 12.1. The Bertz CT molecular complexity index is 760. The van der Waals surface area contributed by atoms with Crippen LogP contribution in [0.15, 0.2) is 41.3 Å². The van der Waals surface area contributed by atoms with Crippen LogP contribution in [0.1, 0.15) is 16.5 Å². The molecule has 0 amide bonds. The molecule has 3 rings (SSSR count). The number of aromatic nitrogens is 1. The minimum absolute atomic E-state index is 0.154. The molecule has 0 atom stereocenters. The van der Waals surface area contributed by atoms with Crippen molar-refractivity contribution < 1.29 is 13.9 Å². The number of aliphatic hydroxyl groups is 1. The maximum Gasteiger partial charge on any atom is 0.136 e. The van der Waals surface area contributed by atoms with E-state index in [9.17, 15) is 4.39 Å². The zero-order chi connectivity index (χ0) is 13.4. The molecule has 0 bridgehead atoms. The summed E-state index contributed by atoms with van der Waals surface area (Å²) >= 11 is 1.43. The molecule has 0 spiro atoms. The van der Waals surface area contributed by atoms with Crippen LogP contribution >= 0.6 is 11.3 Å². The first-order chi connectivity index (χ1) is 9.17. The zero-order valence-corrected chi connectivity index (χ0v) is 10.7. The lowest BCUT2D eigenvalue weighted by molar-refractivity contribution is 0.246. The van der Waals surface area contributed by atoms with Crippen LogP contribution in [0.25, 0.3) is 15.8 Å². The molecular weight excluding hydrogens is 265 g/mol. The summed E-state index contributed by atoms with van der Waals surface area (Å²) in [5.74, 6) is 0.724. The third-order valence-corrected chi connectivity index (χ3v) is 3.82. The highest BCUT2D eigenvalue weighted by Gasteiger charge is 2.12. The second kappa shape index (κ2) is 4.60. The lowest BCUT2D eigenvalue weighted by Gasteiger charge is -1.96. The fraction of sp³-hybridized carbons (Fsp3) is 0.0714. The third kappa shape index (κ3) is 2.18. The van der Waals surface area contributed by atoms with E-state index in [0.29, 0.717) is 27.6 Å². The normalized spacial score (nSPS) is 11.1. The van der Waals surface area contributed by atoms with Crippen LogP contribution in [0.3, 0.4) is 0 Å². The molecule has 0 aliphatic carbocycles. The second-order valence-corrected chi connectivity index (χ2v) is 5.06. The highest BCUT2D eigenvalue weighted by atomic mass is 32.1. The molecule has 0 fully saturated rings. The lowest BCUT2D eigenvalue weighted by atomic mass is 10.2. The summed E-state index contributed by atoms with van der Waals surface area (Å²) in [5, 5.41) is 9.65. The molecule has 0 radical (unpaired) electrons. The van der Waals surface area contributed by atoms with Crippen molar-refractivity contribution in [3.05, 3.63) is 59.3 Å². The van der Waals surface area contributed by atoms with Gasteiger partial charge in [0.25, 0.3) is 0 Å². The number of halogens is 1. The topological polar surface area (TPSA) is 46.3 Å². The smallest absolute Gasteiger partial charge is 0.136 e. The molecule has 0 aliphatic rings. The Kier molecular flexibility index (Phi) is 2.93. The highest BCUT2D eigenvalue weighted by molar-refractivity contribution is 7.19. The molecule has 5 heteroatoms. The average molecular weight is 275 g/mol. The van der Waals surface area contributed by atoms with E-state index in [0.717, 1.165) is 4.70 Å². The molecule has 0 aliphatic heterocycles. The van der Waals surface area contributed by atoms with Crippen LogP contribution in [0.5, 0.6) is 0 Å². The highest BCUT2D eigenvalue weighted by Crippen LogP contribution is 2.31. The Morgan fingerprint density at radius 3 is 2.95 bits per heavy atom. The van der Waals surface area contributed by atoms with E-state index in [1.165, 1.54) is 23.5 Å². The maximum absolute atomic E-state index is 13.1. The molecule has 0 saturated carbocycles.